The quantitative estimate of drug-likeness (QED) is 0.190. The zero-order valence-electron chi connectivity index (χ0n) is 27.2. The lowest BCUT2D eigenvalue weighted by atomic mass is 9.93. The van der Waals surface area contributed by atoms with E-state index in [2.05, 4.69) is 24.3 Å². The number of rotatable bonds is 10. The van der Waals surface area contributed by atoms with Crippen LogP contribution in [0, 0.1) is 0 Å². The van der Waals surface area contributed by atoms with Crippen LogP contribution >= 0.6 is 11.3 Å². The summed E-state index contributed by atoms with van der Waals surface area (Å²) in [5.41, 5.74) is 3.31. The molecule has 4 aromatic carbocycles. The molecule has 9 heteroatoms. The van der Waals surface area contributed by atoms with Gasteiger partial charge in [0.15, 0.2) is 4.80 Å². The summed E-state index contributed by atoms with van der Waals surface area (Å²) in [4.78, 5) is 35.3. The minimum atomic E-state index is -0.762. The van der Waals surface area contributed by atoms with Crippen molar-refractivity contribution in [1.82, 2.24) is 9.47 Å². The van der Waals surface area contributed by atoms with Gasteiger partial charge in [0.05, 0.1) is 30.0 Å². The first-order valence-corrected chi connectivity index (χ1v) is 16.4. The molecule has 0 saturated heterocycles. The SMILES string of the molecule is CCN(CC)C(=O)C1=C(C)N=c2s/c(=C/c3cccc(OCc4cccc5ccccc45)c3)c(=O)n2[C@H]1c1cc(OC)ccc1OC. The molecule has 0 bridgehead atoms. The molecule has 0 spiro atoms. The van der Waals surface area contributed by atoms with Crippen LogP contribution in [-0.4, -0.2) is 42.7 Å². The van der Waals surface area contributed by atoms with E-state index in [1.54, 1.807) is 35.8 Å². The lowest BCUT2D eigenvalue weighted by molar-refractivity contribution is -0.127. The topological polar surface area (TPSA) is 82.4 Å². The van der Waals surface area contributed by atoms with Gasteiger partial charge in [-0.1, -0.05) is 65.9 Å². The highest BCUT2D eigenvalue weighted by atomic mass is 32.1. The van der Waals surface area contributed by atoms with Crippen molar-refractivity contribution in [2.75, 3.05) is 27.3 Å². The van der Waals surface area contributed by atoms with Crippen LogP contribution in [0.15, 0.2) is 106 Å². The Morgan fingerprint density at radius 2 is 1.70 bits per heavy atom. The second-order valence-electron chi connectivity index (χ2n) is 11.2. The number of methoxy groups -OCH3 is 2. The first-order valence-electron chi connectivity index (χ1n) is 15.6. The van der Waals surface area contributed by atoms with Crippen molar-refractivity contribution >= 4 is 34.1 Å². The van der Waals surface area contributed by atoms with E-state index < -0.39 is 6.04 Å². The van der Waals surface area contributed by atoms with Gasteiger partial charge in [0.25, 0.3) is 11.5 Å². The Morgan fingerprint density at radius 3 is 2.47 bits per heavy atom. The molecule has 1 atom stereocenters. The second kappa shape index (κ2) is 13.7. The lowest BCUT2D eigenvalue weighted by Gasteiger charge is -2.30. The molecule has 0 radical (unpaired) electrons. The maximum Gasteiger partial charge on any atom is 0.271 e. The molecular formula is C38H37N3O5S. The average Bonchev–Trinajstić information content (AvgIpc) is 3.40. The number of fused-ring (bicyclic) bond motifs is 2. The van der Waals surface area contributed by atoms with Crippen molar-refractivity contribution in [3.05, 3.63) is 133 Å². The van der Waals surface area contributed by atoms with Gasteiger partial charge in [-0.15, -0.1) is 0 Å². The van der Waals surface area contributed by atoms with Crippen molar-refractivity contribution in [1.29, 1.82) is 0 Å². The molecule has 6 rings (SSSR count). The highest BCUT2D eigenvalue weighted by molar-refractivity contribution is 7.07. The molecule has 0 unspecified atom stereocenters. The predicted octanol–water partition coefficient (Wildman–Crippen LogP) is 5.85. The molecule has 8 nitrogen and oxygen atoms in total. The van der Waals surface area contributed by atoms with E-state index in [1.165, 1.54) is 16.7 Å². The normalized spacial score (nSPS) is 14.5. The largest absolute Gasteiger partial charge is 0.497 e. The molecule has 0 aliphatic carbocycles. The summed E-state index contributed by atoms with van der Waals surface area (Å²) in [7, 11) is 3.16. The molecular weight excluding hydrogens is 611 g/mol. The first-order chi connectivity index (χ1) is 22.9. The smallest absolute Gasteiger partial charge is 0.271 e. The molecule has 1 aliphatic rings. The average molecular weight is 648 g/mol. The van der Waals surface area contributed by atoms with Gasteiger partial charge in [0, 0.05) is 18.7 Å². The number of carbonyl (C=O) groups excluding carboxylic acids is 1. The van der Waals surface area contributed by atoms with Gasteiger partial charge in [0.2, 0.25) is 0 Å². The summed E-state index contributed by atoms with van der Waals surface area (Å²) in [5.74, 6) is 1.66. The number of likely N-dealkylation sites (N-methyl/N-ethyl adjacent to an activating group) is 1. The number of allylic oxidation sites excluding steroid dienone is 1. The van der Waals surface area contributed by atoms with E-state index in [4.69, 9.17) is 19.2 Å². The Morgan fingerprint density at radius 1 is 0.936 bits per heavy atom. The van der Waals surface area contributed by atoms with Gasteiger partial charge in [0.1, 0.15) is 29.9 Å². The summed E-state index contributed by atoms with van der Waals surface area (Å²) in [5, 5.41) is 2.32. The molecule has 0 fully saturated rings. The maximum absolute atomic E-state index is 14.3. The van der Waals surface area contributed by atoms with Gasteiger partial charge >= 0.3 is 0 Å². The Balaban J connectivity index is 1.42. The fourth-order valence-electron chi connectivity index (χ4n) is 6.05. The summed E-state index contributed by atoms with van der Waals surface area (Å²) >= 11 is 1.29. The summed E-state index contributed by atoms with van der Waals surface area (Å²) in [6.07, 6.45) is 1.85. The van der Waals surface area contributed by atoms with Crippen LogP contribution < -0.4 is 29.1 Å². The van der Waals surface area contributed by atoms with Gasteiger partial charge < -0.3 is 19.1 Å². The van der Waals surface area contributed by atoms with Crippen LogP contribution in [0.4, 0.5) is 0 Å². The van der Waals surface area contributed by atoms with Gasteiger partial charge in [-0.2, -0.15) is 0 Å². The Labute approximate surface area is 277 Å². The van der Waals surface area contributed by atoms with Crippen LogP contribution in [0.2, 0.25) is 0 Å². The van der Waals surface area contributed by atoms with Crippen molar-refractivity contribution in [3.8, 4) is 17.2 Å². The monoisotopic (exact) mass is 647 g/mol. The Bertz CT molecular complexity index is 2170. The number of carbonyl (C=O) groups is 1. The zero-order chi connectivity index (χ0) is 33.1. The minimum Gasteiger partial charge on any atom is -0.497 e. The van der Waals surface area contributed by atoms with E-state index in [1.807, 2.05) is 75.4 Å². The van der Waals surface area contributed by atoms with Gasteiger partial charge in [-0.25, -0.2) is 4.99 Å². The molecule has 0 N–H and O–H groups in total. The molecule has 1 aromatic heterocycles. The third kappa shape index (κ3) is 6.18. The van der Waals surface area contributed by atoms with E-state index >= 15 is 0 Å². The van der Waals surface area contributed by atoms with Gasteiger partial charge in [-0.3, -0.25) is 14.2 Å². The fraction of sp³-hybridized carbons (Fsp3) is 0.237. The zero-order valence-corrected chi connectivity index (χ0v) is 28.0. The van der Waals surface area contributed by atoms with E-state index in [-0.39, 0.29) is 11.5 Å². The van der Waals surface area contributed by atoms with E-state index in [0.717, 1.165) is 16.5 Å². The van der Waals surface area contributed by atoms with Crippen LogP contribution in [0.5, 0.6) is 17.2 Å². The number of hydrogen-bond donors (Lipinski definition) is 0. The molecule has 240 valence electrons. The highest BCUT2D eigenvalue weighted by Crippen LogP contribution is 2.38. The number of nitrogens with zero attached hydrogens (tertiary/aromatic N) is 3. The molecule has 1 amide bonds. The van der Waals surface area contributed by atoms with Crippen LogP contribution in [0.3, 0.4) is 0 Å². The van der Waals surface area contributed by atoms with Crippen molar-refractivity contribution in [2.24, 2.45) is 4.99 Å². The highest BCUT2D eigenvalue weighted by Gasteiger charge is 2.36. The van der Waals surface area contributed by atoms with Crippen molar-refractivity contribution in [2.45, 2.75) is 33.4 Å². The first kappa shape index (κ1) is 31.8. The molecule has 0 saturated carbocycles. The summed E-state index contributed by atoms with van der Waals surface area (Å²) < 4.78 is 19.6. The second-order valence-corrected chi connectivity index (χ2v) is 12.2. The predicted molar refractivity (Wildman–Crippen MR) is 186 cm³/mol. The third-order valence-corrected chi connectivity index (χ3v) is 9.45. The fourth-order valence-corrected chi connectivity index (χ4v) is 7.10. The van der Waals surface area contributed by atoms with Crippen molar-refractivity contribution in [3.63, 3.8) is 0 Å². The van der Waals surface area contributed by atoms with E-state index in [0.29, 0.717) is 63.1 Å². The number of ether oxygens (including phenoxy) is 3. The molecule has 2 heterocycles. The Kier molecular flexibility index (Phi) is 9.26. The molecule has 47 heavy (non-hydrogen) atoms. The number of aromatic nitrogens is 1. The minimum absolute atomic E-state index is 0.170. The standard InChI is InChI=1S/C38H37N3O5S/c1-6-40(7-2)37(43)34-24(3)39-38-41(35(34)31-22-28(44-4)18-19-32(31)45-5)36(42)33(47-38)21-25-12-10-16-29(20-25)46-23-27-15-11-14-26-13-8-9-17-30(26)27/h8-22,35H,6-7,23H2,1-5H3/b33-21+/t35-/m0/s1. The maximum atomic E-state index is 14.3. The number of amides is 1. The summed E-state index contributed by atoms with van der Waals surface area (Å²) in [6.45, 7) is 7.16. The van der Waals surface area contributed by atoms with Crippen molar-refractivity contribution < 1.29 is 19.0 Å². The van der Waals surface area contributed by atoms with Crippen LogP contribution in [0.1, 0.15) is 43.5 Å². The molecule has 5 aromatic rings. The third-order valence-electron chi connectivity index (χ3n) is 8.46. The van der Waals surface area contributed by atoms with Crippen LogP contribution in [0.25, 0.3) is 16.8 Å². The van der Waals surface area contributed by atoms with E-state index in [9.17, 15) is 9.59 Å². The lowest BCUT2D eigenvalue weighted by Crippen LogP contribution is -2.43. The number of hydrogen-bond acceptors (Lipinski definition) is 7. The number of thiazole rings is 1. The summed E-state index contributed by atoms with van der Waals surface area (Å²) in [6, 6.07) is 26.8. The van der Waals surface area contributed by atoms with Gasteiger partial charge in [-0.05, 0) is 79.1 Å². The molecule has 1 aliphatic heterocycles. The Hall–Kier alpha value is -5.15. The van der Waals surface area contributed by atoms with Crippen LogP contribution in [-0.2, 0) is 11.4 Å². The number of benzene rings is 4.